The Kier molecular flexibility index (Phi) is 5.92. The summed E-state index contributed by atoms with van der Waals surface area (Å²) in [7, 11) is 0. The first-order chi connectivity index (χ1) is 12.2. The standard InChI is InChI=1S/C21H22BrNO2/c1-2-25-21(24)18-6-8-20(9-7-18)23-12-10-16(11-13-23)14-17-4-3-5-19(22)15-17/h3-9,14-15H,2,10-13H2,1H3. The average molecular weight is 400 g/mol. The van der Waals surface area contributed by atoms with Crippen molar-refractivity contribution in [3.63, 3.8) is 0 Å². The van der Waals surface area contributed by atoms with Crippen molar-refractivity contribution in [1.29, 1.82) is 0 Å². The molecule has 2 aromatic carbocycles. The first-order valence-electron chi connectivity index (χ1n) is 8.63. The molecule has 0 spiro atoms. The fourth-order valence-corrected chi connectivity index (χ4v) is 3.47. The number of ether oxygens (including phenoxy) is 1. The third-order valence-electron chi connectivity index (χ3n) is 4.37. The van der Waals surface area contributed by atoms with Crippen LogP contribution in [0.3, 0.4) is 0 Å². The molecule has 0 amide bonds. The SMILES string of the molecule is CCOC(=O)c1ccc(N2CCC(=Cc3cccc(Br)c3)CC2)cc1. The number of hydrogen-bond donors (Lipinski definition) is 0. The fraction of sp³-hybridized carbons (Fsp3) is 0.286. The van der Waals surface area contributed by atoms with E-state index in [1.165, 1.54) is 11.1 Å². The van der Waals surface area contributed by atoms with E-state index in [0.717, 1.165) is 36.1 Å². The number of anilines is 1. The molecule has 0 atom stereocenters. The van der Waals surface area contributed by atoms with E-state index in [-0.39, 0.29) is 5.97 Å². The highest BCUT2D eigenvalue weighted by Gasteiger charge is 2.15. The molecule has 1 aliphatic heterocycles. The molecule has 1 saturated heterocycles. The molecule has 0 aromatic heterocycles. The van der Waals surface area contributed by atoms with E-state index < -0.39 is 0 Å². The van der Waals surface area contributed by atoms with Crippen LogP contribution in [0.4, 0.5) is 5.69 Å². The fourth-order valence-electron chi connectivity index (χ4n) is 3.05. The maximum atomic E-state index is 11.7. The van der Waals surface area contributed by atoms with Gasteiger partial charge in [-0.3, -0.25) is 0 Å². The third kappa shape index (κ3) is 4.73. The molecule has 0 bridgehead atoms. The predicted molar refractivity (Wildman–Crippen MR) is 106 cm³/mol. The van der Waals surface area contributed by atoms with E-state index in [2.05, 4.69) is 45.1 Å². The smallest absolute Gasteiger partial charge is 0.338 e. The van der Waals surface area contributed by atoms with Crippen LogP contribution in [-0.4, -0.2) is 25.7 Å². The molecule has 0 unspecified atom stereocenters. The summed E-state index contributed by atoms with van der Waals surface area (Å²) >= 11 is 3.52. The Morgan fingerprint density at radius 1 is 1.16 bits per heavy atom. The minimum absolute atomic E-state index is 0.257. The van der Waals surface area contributed by atoms with Crippen molar-refractivity contribution in [2.45, 2.75) is 19.8 Å². The summed E-state index contributed by atoms with van der Waals surface area (Å²) in [5, 5.41) is 0. The second kappa shape index (κ2) is 8.34. The molecule has 2 aromatic rings. The highest BCUT2D eigenvalue weighted by molar-refractivity contribution is 9.10. The molecule has 4 heteroatoms. The Balaban J connectivity index is 1.61. The molecular formula is C21H22BrNO2. The van der Waals surface area contributed by atoms with Crippen molar-refractivity contribution in [2.75, 3.05) is 24.6 Å². The lowest BCUT2D eigenvalue weighted by molar-refractivity contribution is 0.0526. The number of rotatable bonds is 4. The molecule has 25 heavy (non-hydrogen) atoms. The summed E-state index contributed by atoms with van der Waals surface area (Å²) in [5.41, 5.74) is 4.50. The van der Waals surface area contributed by atoms with Crippen molar-refractivity contribution < 1.29 is 9.53 Å². The van der Waals surface area contributed by atoms with Gasteiger partial charge in [-0.1, -0.05) is 39.7 Å². The predicted octanol–water partition coefficient (Wildman–Crippen LogP) is 5.31. The lowest BCUT2D eigenvalue weighted by Crippen LogP contribution is -2.30. The normalized spacial score (nSPS) is 14.3. The molecule has 0 saturated carbocycles. The van der Waals surface area contributed by atoms with Gasteiger partial charge < -0.3 is 9.64 Å². The highest BCUT2D eigenvalue weighted by Crippen LogP contribution is 2.25. The van der Waals surface area contributed by atoms with Crippen molar-refractivity contribution in [3.05, 3.63) is 69.7 Å². The summed E-state index contributed by atoms with van der Waals surface area (Å²) in [6.07, 6.45) is 4.42. The lowest BCUT2D eigenvalue weighted by Gasteiger charge is -2.30. The number of benzene rings is 2. The third-order valence-corrected chi connectivity index (χ3v) is 4.86. The molecule has 1 heterocycles. The largest absolute Gasteiger partial charge is 0.462 e. The van der Waals surface area contributed by atoms with Gasteiger partial charge in [0.2, 0.25) is 0 Å². The summed E-state index contributed by atoms with van der Waals surface area (Å²) in [6, 6.07) is 16.1. The molecule has 3 nitrogen and oxygen atoms in total. The second-order valence-corrected chi connectivity index (χ2v) is 7.03. The van der Waals surface area contributed by atoms with Crippen LogP contribution >= 0.6 is 15.9 Å². The Bertz CT molecular complexity index is 758. The van der Waals surface area contributed by atoms with Crippen molar-refractivity contribution in [1.82, 2.24) is 0 Å². The van der Waals surface area contributed by atoms with Gasteiger partial charge in [0, 0.05) is 23.2 Å². The quantitative estimate of drug-likeness (QED) is 0.652. The van der Waals surface area contributed by atoms with Gasteiger partial charge in [0.1, 0.15) is 0 Å². The first-order valence-corrected chi connectivity index (χ1v) is 9.42. The summed E-state index contributed by atoms with van der Waals surface area (Å²) in [6.45, 7) is 4.22. The molecule has 0 N–H and O–H groups in total. The second-order valence-electron chi connectivity index (χ2n) is 6.11. The van der Waals surface area contributed by atoms with Crippen molar-refractivity contribution >= 4 is 33.7 Å². The number of piperidine rings is 1. The van der Waals surface area contributed by atoms with Gasteiger partial charge in [0.25, 0.3) is 0 Å². The monoisotopic (exact) mass is 399 g/mol. The zero-order chi connectivity index (χ0) is 17.6. The van der Waals surface area contributed by atoms with E-state index in [4.69, 9.17) is 4.74 Å². The summed E-state index contributed by atoms with van der Waals surface area (Å²) in [4.78, 5) is 14.1. The van der Waals surface area contributed by atoms with Crippen LogP contribution < -0.4 is 4.90 Å². The van der Waals surface area contributed by atoms with Crippen molar-refractivity contribution in [3.8, 4) is 0 Å². The van der Waals surface area contributed by atoms with Gasteiger partial charge in [-0.25, -0.2) is 4.79 Å². The Morgan fingerprint density at radius 2 is 1.88 bits per heavy atom. The van der Waals surface area contributed by atoms with Crippen LogP contribution in [0.2, 0.25) is 0 Å². The Hall–Kier alpha value is -2.07. The lowest BCUT2D eigenvalue weighted by atomic mass is 10.0. The van der Waals surface area contributed by atoms with Crippen LogP contribution in [0.25, 0.3) is 6.08 Å². The van der Waals surface area contributed by atoms with E-state index in [9.17, 15) is 4.79 Å². The van der Waals surface area contributed by atoms with Gasteiger partial charge >= 0.3 is 5.97 Å². The zero-order valence-corrected chi connectivity index (χ0v) is 16.0. The summed E-state index contributed by atoms with van der Waals surface area (Å²) < 4.78 is 6.14. The first kappa shape index (κ1) is 17.7. The number of carbonyl (C=O) groups excluding carboxylic acids is 1. The Labute approximate surface area is 157 Å². The molecule has 3 rings (SSSR count). The van der Waals surface area contributed by atoms with E-state index >= 15 is 0 Å². The summed E-state index contributed by atoms with van der Waals surface area (Å²) in [5.74, 6) is -0.257. The van der Waals surface area contributed by atoms with E-state index in [1.807, 2.05) is 37.3 Å². The minimum Gasteiger partial charge on any atom is -0.462 e. The topological polar surface area (TPSA) is 29.5 Å². The van der Waals surface area contributed by atoms with Crippen LogP contribution in [0.15, 0.2) is 58.6 Å². The van der Waals surface area contributed by atoms with Gasteiger partial charge in [0.15, 0.2) is 0 Å². The minimum atomic E-state index is -0.257. The molecule has 130 valence electrons. The van der Waals surface area contributed by atoms with Gasteiger partial charge in [-0.15, -0.1) is 0 Å². The number of carbonyl (C=O) groups is 1. The van der Waals surface area contributed by atoms with E-state index in [0.29, 0.717) is 12.2 Å². The number of hydrogen-bond acceptors (Lipinski definition) is 3. The van der Waals surface area contributed by atoms with Crippen LogP contribution in [0.1, 0.15) is 35.7 Å². The average Bonchev–Trinajstić information content (AvgIpc) is 2.63. The molecular weight excluding hydrogens is 378 g/mol. The Morgan fingerprint density at radius 3 is 2.52 bits per heavy atom. The maximum absolute atomic E-state index is 11.7. The molecule has 0 aliphatic carbocycles. The van der Waals surface area contributed by atoms with Gasteiger partial charge in [-0.05, 0) is 61.7 Å². The van der Waals surface area contributed by atoms with Crippen molar-refractivity contribution in [2.24, 2.45) is 0 Å². The van der Waals surface area contributed by atoms with Crippen LogP contribution in [-0.2, 0) is 4.74 Å². The van der Waals surface area contributed by atoms with Gasteiger partial charge in [-0.2, -0.15) is 0 Å². The van der Waals surface area contributed by atoms with E-state index in [1.54, 1.807) is 0 Å². The maximum Gasteiger partial charge on any atom is 0.338 e. The molecule has 1 aliphatic rings. The van der Waals surface area contributed by atoms with Crippen LogP contribution in [0, 0.1) is 0 Å². The number of halogens is 1. The number of nitrogens with zero attached hydrogens (tertiary/aromatic N) is 1. The zero-order valence-electron chi connectivity index (χ0n) is 14.4. The molecule has 0 radical (unpaired) electrons. The van der Waals surface area contributed by atoms with Gasteiger partial charge in [0.05, 0.1) is 12.2 Å². The highest BCUT2D eigenvalue weighted by atomic mass is 79.9. The molecule has 1 fully saturated rings. The number of esters is 1. The van der Waals surface area contributed by atoms with Crippen LogP contribution in [0.5, 0.6) is 0 Å².